The van der Waals surface area contributed by atoms with Crippen LogP contribution in [0.3, 0.4) is 0 Å². The fourth-order valence-corrected chi connectivity index (χ4v) is 3.58. The Morgan fingerprint density at radius 2 is 1.35 bits per heavy atom. The van der Waals surface area contributed by atoms with Gasteiger partial charge < -0.3 is 4.57 Å². The van der Waals surface area contributed by atoms with Crippen molar-refractivity contribution in [3.05, 3.63) is 107 Å². The molecule has 0 atom stereocenters. The van der Waals surface area contributed by atoms with Gasteiger partial charge in [0.1, 0.15) is 0 Å². The van der Waals surface area contributed by atoms with Gasteiger partial charge in [-0.25, -0.2) is 0 Å². The summed E-state index contributed by atoms with van der Waals surface area (Å²) in [7, 11) is 0. The van der Waals surface area contributed by atoms with Crippen molar-refractivity contribution < 1.29 is 0 Å². The van der Waals surface area contributed by atoms with Crippen LogP contribution in [0.4, 0.5) is 0 Å². The van der Waals surface area contributed by atoms with Gasteiger partial charge in [0.05, 0.1) is 11.2 Å². The maximum atomic E-state index is 2.33. The molecule has 0 N–H and O–H groups in total. The minimum Gasteiger partial charge on any atom is -0.316 e. The third-order valence-corrected chi connectivity index (χ3v) is 5.07. The van der Waals surface area contributed by atoms with E-state index in [1.807, 2.05) is 0 Å². The van der Waals surface area contributed by atoms with Crippen LogP contribution < -0.4 is 0 Å². The van der Waals surface area contributed by atoms with E-state index in [1.165, 1.54) is 44.4 Å². The van der Waals surface area contributed by atoms with Crippen LogP contribution in [-0.4, -0.2) is 4.57 Å². The maximum absolute atomic E-state index is 2.33. The van der Waals surface area contributed by atoms with E-state index in [9.17, 15) is 0 Å². The number of hydrogen-bond acceptors (Lipinski definition) is 0. The van der Waals surface area contributed by atoms with E-state index < -0.39 is 0 Å². The lowest BCUT2D eigenvalue weighted by Crippen LogP contribution is -2.00. The highest BCUT2D eigenvalue weighted by Gasteiger charge is 2.12. The molecule has 1 aromatic heterocycles. The summed E-state index contributed by atoms with van der Waals surface area (Å²) in [6.07, 6.45) is 4.56. The number of hydrogen-bond donors (Lipinski definition) is 0. The first-order valence-corrected chi connectivity index (χ1v) is 9.05. The first-order valence-electron chi connectivity index (χ1n) is 9.05. The van der Waals surface area contributed by atoms with Crippen LogP contribution >= 0.6 is 0 Å². The molecule has 4 aromatic rings. The highest BCUT2D eigenvalue weighted by Crippen LogP contribution is 2.30. The summed E-state index contributed by atoms with van der Waals surface area (Å²) in [5.41, 5.74) is 8.83. The van der Waals surface area contributed by atoms with Gasteiger partial charge >= 0.3 is 0 Å². The van der Waals surface area contributed by atoms with Crippen LogP contribution in [0.1, 0.15) is 27.8 Å². The van der Waals surface area contributed by atoms with Crippen molar-refractivity contribution in [3.8, 4) is 0 Å². The maximum Gasteiger partial charge on any atom is 0.0536 e. The summed E-state index contributed by atoms with van der Waals surface area (Å²) in [4.78, 5) is 0. The van der Waals surface area contributed by atoms with E-state index in [-0.39, 0.29) is 0 Å². The van der Waals surface area contributed by atoms with Gasteiger partial charge in [0.2, 0.25) is 0 Å². The molecule has 3 aromatic carbocycles. The molecule has 0 radical (unpaired) electrons. The van der Waals surface area contributed by atoms with Crippen LogP contribution in [0.15, 0.2) is 79.0 Å². The molecule has 0 amide bonds. The van der Waals surface area contributed by atoms with Crippen LogP contribution in [0.25, 0.3) is 22.7 Å². The minimum atomic E-state index is 1.21. The number of fused-ring (bicyclic) bond motifs is 1. The molecule has 0 aliphatic rings. The molecular formula is C25H23N. The third-order valence-electron chi connectivity index (χ3n) is 5.07. The number of aryl methyl sites for hydroxylation is 3. The Bertz CT molecular complexity index is 1110. The number of rotatable bonds is 3. The zero-order valence-corrected chi connectivity index (χ0v) is 15.5. The average molecular weight is 337 g/mol. The van der Waals surface area contributed by atoms with Crippen molar-refractivity contribution in [3.63, 3.8) is 0 Å². The van der Waals surface area contributed by atoms with Gasteiger partial charge in [-0.15, -0.1) is 0 Å². The molecule has 0 bridgehead atoms. The Hall–Kier alpha value is -3.06. The van der Waals surface area contributed by atoms with Gasteiger partial charge in [-0.05, 0) is 55.2 Å². The highest BCUT2D eigenvalue weighted by atomic mass is 15.0. The van der Waals surface area contributed by atoms with E-state index >= 15 is 0 Å². The number of benzene rings is 3. The van der Waals surface area contributed by atoms with Gasteiger partial charge in [-0.1, -0.05) is 66.7 Å². The molecule has 0 spiro atoms. The Morgan fingerprint density at radius 3 is 2.12 bits per heavy atom. The topological polar surface area (TPSA) is 4.93 Å². The van der Waals surface area contributed by atoms with Crippen molar-refractivity contribution in [1.82, 2.24) is 4.57 Å². The van der Waals surface area contributed by atoms with Crippen molar-refractivity contribution in [2.45, 2.75) is 20.8 Å². The largest absolute Gasteiger partial charge is 0.316 e. The smallest absolute Gasteiger partial charge is 0.0536 e. The Labute approximate surface area is 155 Å². The Balaban J connectivity index is 2.03. The summed E-state index contributed by atoms with van der Waals surface area (Å²) >= 11 is 0. The molecular weight excluding hydrogens is 314 g/mol. The fourth-order valence-electron chi connectivity index (χ4n) is 3.58. The molecule has 0 fully saturated rings. The molecule has 4 rings (SSSR count). The quantitative estimate of drug-likeness (QED) is 0.371. The second-order valence-corrected chi connectivity index (χ2v) is 6.90. The zero-order valence-electron chi connectivity index (χ0n) is 15.5. The molecule has 0 aliphatic heterocycles. The number of para-hydroxylation sites is 1. The lowest BCUT2D eigenvalue weighted by Gasteiger charge is -2.15. The van der Waals surface area contributed by atoms with Gasteiger partial charge in [0.15, 0.2) is 0 Å². The second kappa shape index (κ2) is 6.68. The van der Waals surface area contributed by atoms with Crippen LogP contribution in [0.5, 0.6) is 0 Å². The summed E-state index contributed by atoms with van der Waals surface area (Å²) < 4.78 is 2.33. The van der Waals surface area contributed by atoms with E-state index in [4.69, 9.17) is 0 Å². The van der Waals surface area contributed by atoms with Crippen LogP contribution in [0, 0.1) is 20.8 Å². The number of nitrogens with zero attached hydrogens (tertiary/aromatic N) is 1. The first-order chi connectivity index (χ1) is 12.6. The summed E-state index contributed by atoms with van der Waals surface area (Å²) in [6, 6.07) is 25.8. The Kier molecular flexibility index (Phi) is 4.22. The number of aromatic nitrogens is 1. The lowest BCUT2D eigenvalue weighted by atomic mass is 10.0. The molecule has 1 nitrogen and oxygen atoms in total. The van der Waals surface area contributed by atoms with Crippen molar-refractivity contribution in [1.29, 1.82) is 0 Å². The fraction of sp³-hybridized carbons (Fsp3) is 0.120. The van der Waals surface area contributed by atoms with Gasteiger partial charge in [-0.3, -0.25) is 0 Å². The molecule has 128 valence electrons. The molecule has 26 heavy (non-hydrogen) atoms. The SMILES string of the molecule is Cc1ccccc1/C=C(/c1ccccc1C)n1cc(C)c2ccccc21. The van der Waals surface area contributed by atoms with Crippen LogP contribution in [0.2, 0.25) is 0 Å². The monoisotopic (exact) mass is 337 g/mol. The third kappa shape index (κ3) is 2.86. The average Bonchev–Trinajstić information content (AvgIpc) is 2.99. The normalized spacial score (nSPS) is 11.9. The summed E-state index contributed by atoms with van der Waals surface area (Å²) in [5.74, 6) is 0. The van der Waals surface area contributed by atoms with E-state index in [2.05, 4.69) is 110 Å². The van der Waals surface area contributed by atoms with Crippen molar-refractivity contribution in [2.24, 2.45) is 0 Å². The Morgan fingerprint density at radius 1 is 0.692 bits per heavy atom. The second-order valence-electron chi connectivity index (χ2n) is 6.90. The summed E-state index contributed by atoms with van der Waals surface area (Å²) in [6.45, 7) is 6.53. The predicted octanol–water partition coefficient (Wildman–Crippen LogP) is 6.61. The minimum absolute atomic E-state index is 1.21. The van der Waals surface area contributed by atoms with E-state index in [0.717, 1.165) is 0 Å². The van der Waals surface area contributed by atoms with Crippen LogP contribution in [-0.2, 0) is 0 Å². The lowest BCUT2D eigenvalue weighted by molar-refractivity contribution is 1.15. The van der Waals surface area contributed by atoms with Gasteiger partial charge in [-0.2, -0.15) is 0 Å². The zero-order chi connectivity index (χ0) is 18.1. The summed E-state index contributed by atoms with van der Waals surface area (Å²) in [5, 5.41) is 1.30. The molecule has 0 saturated heterocycles. The standard InChI is InChI=1S/C25H23N/c1-18-10-4-6-12-21(18)16-25(22-13-7-5-11-19(22)2)26-17-20(3)23-14-8-9-15-24(23)26/h4-17H,1-3H3/b25-16-. The molecule has 1 heterocycles. The van der Waals surface area contributed by atoms with Gasteiger partial charge in [0.25, 0.3) is 0 Å². The first kappa shape index (κ1) is 16.4. The molecule has 0 unspecified atom stereocenters. The van der Waals surface area contributed by atoms with Gasteiger partial charge in [0, 0.05) is 17.1 Å². The van der Waals surface area contributed by atoms with E-state index in [1.54, 1.807) is 0 Å². The predicted molar refractivity (Wildman–Crippen MR) is 112 cm³/mol. The van der Waals surface area contributed by atoms with E-state index in [0.29, 0.717) is 0 Å². The van der Waals surface area contributed by atoms with Crippen molar-refractivity contribution >= 4 is 22.7 Å². The molecule has 0 saturated carbocycles. The highest BCUT2D eigenvalue weighted by molar-refractivity contribution is 5.93. The van der Waals surface area contributed by atoms with Crippen molar-refractivity contribution in [2.75, 3.05) is 0 Å². The molecule has 1 heteroatoms. The molecule has 0 aliphatic carbocycles.